The summed E-state index contributed by atoms with van der Waals surface area (Å²) in [5.41, 5.74) is 0.745. The van der Waals surface area contributed by atoms with Gasteiger partial charge in [-0.2, -0.15) is 0 Å². The molecule has 0 N–H and O–H groups in total. The van der Waals surface area contributed by atoms with Gasteiger partial charge in [-0.25, -0.2) is 14.2 Å². The first kappa shape index (κ1) is 13.5. The number of pyridine rings is 1. The van der Waals surface area contributed by atoms with Crippen LogP contribution >= 0.6 is 11.8 Å². The molecular weight excluding hydrogens is 265 g/mol. The number of hydrogen-bond donors (Lipinski definition) is 0. The molecule has 1 aromatic heterocycles. The number of ether oxygens (including phenoxy) is 1. The summed E-state index contributed by atoms with van der Waals surface area (Å²) in [5.74, 6) is -0.637. The van der Waals surface area contributed by atoms with Gasteiger partial charge in [0.1, 0.15) is 5.82 Å². The summed E-state index contributed by atoms with van der Waals surface area (Å²) in [6.07, 6.45) is 1.71. The lowest BCUT2D eigenvalue weighted by Gasteiger charge is -2.04. The third-order valence-corrected chi connectivity index (χ3v) is 3.48. The third kappa shape index (κ3) is 3.54. The quantitative estimate of drug-likeness (QED) is 0.635. The lowest BCUT2D eigenvalue weighted by Crippen LogP contribution is -2.04. The minimum Gasteiger partial charge on any atom is -0.465 e. The maximum Gasteiger partial charge on any atom is 0.340 e. The molecule has 0 saturated heterocycles. The highest BCUT2D eigenvalue weighted by molar-refractivity contribution is 7.98. The predicted octanol–water partition coefficient (Wildman–Crippen LogP) is 3.30. The summed E-state index contributed by atoms with van der Waals surface area (Å²) < 4.78 is 18.2. The highest BCUT2D eigenvalue weighted by Gasteiger charge is 2.12. The van der Waals surface area contributed by atoms with Crippen molar-refractivity contribution in [2.45, 2.75) is 10.8 Å². The lowest BCUT2D eigenvalue weighted by molar-refractivity contribution is 0.0595. The monoisotopic (exact) mass is 277 g/mol. The molecule has 98 valence electrons. The Morgan fingerprint density at radius 1 is 1.37 bits per heavy atom. The van der Waals surface area contributed by atoms with Gasteiger partial charge >= 0.3 is 5.97 Å². The van der Waals surface area contributed by atoms with Crippen molar-refractivity contribution in [1.82, 2.24) is 4.98 Å². The van der Waals surface area contributed by atoms with Crippen LogP contribution in [0.1, 0.15) is 15.9 Å². The molecule has 2 aromatic rings. The first-order valence-electron chi connectivity index (χ1n) is 5.61. The first-order valence-corrected chi connectivity index (χ1v) is 6.60. The Balaban J connectivity index is 2.06. The van der Waals surface area contributed by atoms with Crippen LogP contribution < -0.4 is 0 Å². The zero-order chi connectivity index (χ0) is 13.7. The Morgan fingerprint density at radius 2 is 2.21 bits per heavy atom. The molecule has 0 fully saturated rings. The largest absolute Gasteiger partial charge is 0.465 e. The number of aromatic nitrogens is 1. The van der Waals surface area contributed by atoms with Crippen molar-refractivity contribution < 1.29 is 13.9 Å². The molecule has 0 aliphatic rings. The maximum absolute atomic E-state index is 13.7. The summed E-state index contributed by atoms with van der Waals surface area (Å²) in [6.45, 7) is 0. The van der Waals surface area contributed by atoms with Crippen molar-refractivity contribution in [3.8, 4) is 0 Å². The van der Waals surface area contributed by atoms with Gasteiger partial charge in [-0.05, 0) is 29.8 Å². The van der Waals surface area contributed by atoms with Crippen molar-refractivity contribution in [3.05, 3.63) is 59.5 Å². The van der Waals surface area contributed by atoms with Crippen LogP contribution in [0.4, 0.5) is 4.39 Å². The van der Waals surface area contributed by atoms with Gasteiger partial charge in [0, 0.05) is 11.9 Å². The fourth-order valence-corrected chi connectivity index (χ4v) is 2.32. The van der Waals surface area contributed by atoms with E-state index < -0.39 is 11.8 Å². The van der Waals surface area contributed by atoms with Crippen LogP contribution in [-0.4, -0.2) is 18.1 Å². The Labute approximate surface area is 114 Å². The van der Waals surface area contributed by atoms with E-state index in [0.29, 0.717) is 5.75 Å². The van der Waals surface area contributed by atoms with Gasteiger partial charge in [0.05, 0.1) is 17.7 Å². The van der Waals surface area contributed by atoms with E-state index in [0.717, 1.165) is 10.6 Å². The van der Waals surface area contributed by atoms with Crippen molar-refractivity contribution in [2.75, 3.05) is 7.11 Å². The van der Waals surface area contributed by atoms with Gasteiger partial charge in [0.2, 0.25) is 0 Å². The van der Waals surface area contributed by atoms with E-state index in [2.05, 4.69) is 9.72 Å². The molecule has 0 bridgehead atoms. The number of nitrogens with zero attached hydrogens (tertiary/aromatic N) is 1. The lowest BCUT2D eigenvalue weighted by atomic mass is 10.1. The molecule has 0 aliphatic carbocycles. The Bertz CT molecular complexity index is 575. The van der Waals surface area contributed by atoms with E-state index in [-0.39, 0.29) is 5.56 Å². The highest BCUT2D eigenvalue weighted by Crippen LogP contribution is 2.21. The fourth-order valence-electron chi connectivity index (χ4n) is 1.51. The fraction of sp³-hybridized carbons (Fsp3) is 0.143. The molecule has 5 heteroatoms. The van der Waals surface area contributed by atoms with E-state index in [4.69, 9.17) is 0 Å². The summed E-state index contributed by atoms with van der Waals surface area (Å²) >= 11 is 1.51. The molecule has 0 saturated carbocycles. The number of hydrogen-bond acceptors (Lipinski definition) is 4. The van der Waals surface area contributed by atoms with Crippen molar-refractivity contribution in [3.63, 3.8) is 0 Å². The minimum absolute atomic E-state index is 0.0471. The van der Waals surface area contributed by atoms with Gasteiger partial charge in [0.25, 0.3) is 0 Å². The second-order valence-corrected chi connectivity index (χ2v) is 4.76. The molecule has 0 atom stereocenters. The van der Waals surface area contributed by atoms with E-state index >= 15 is 0 Å². The molecule has 1 aromatic carbocycles. The Hall–Kier alpha value is -1.88. The van der Waals surface area contributed by atoms with Crippen LogP contribution in [0.25, 0.3) is 0 Å². The Morgan fingerprint density at radius 3 is 2.84 bits per heavy atom. The van der Waals surface area contributed by atoms with Gasteiger partial charge in [-0.15, -0.1) is 11.8 Å². The van der Waals surface area contributed by atoms with Crippen LogP contribution in [0.2, 0.25) is 0 Å². The first-order chi connectivity index (χ1) is 9.20. The van der Waals surface area contributed by atoms with Crippen LogP contribution in [0, 0.1) is 5.82 Å². The average Bonchev–Trinajstić information content (AvgIpc) is 2.45. The second kappa shape index (κ2) is 6.33. The normalized spacial score (nSPS) is 10.2. The van der Waals surface area contributed by atoms with Gasteiger partial charge in [-0.3, -0.25) is 0 Å². The van der Waals surface area contributed by atoms with Crippen molar-refractivity contribution >= 4 is 17.7 Å². The molecule has 0 unspecified atom stereocenters. The molecular formula is C14H12FNO2S. The van der Waals surface area contributed by atoms with Crippen molar-refractivity contribution in [2.24, 2.45) is 0 Å². The molecule has 0 radical (unpaired) electrons. The average molecular weight is 277 g/mol. The minimum atomic E-state index is -0.665. The Kier molecular flexibility index (Phi) is 4.52. The SMILES string of the molecule is COC(=O)c1ccc(CSc2ccccn2)cc1F. The number of carbonyl (C=O) groups is 1. The predicted molar refractivity (Wildman–Crippen MR) is 71.5 cm³/mol. The van der Waals surface area contributed by atoms with E-state index in [1.165, 1.54) is 31.0 Å². The summed E-state index contributed by atoms with van der Waals surface area (Å²) in [4.78, 5) is 15.4. The number of rotatable bonds is 4. The molecule has 3 nitrogen and oxygen atoms in total. The molecule has 0 amide bonds. The summed E-state index contributed by atoms with van der Waals surface area (Å²) in [6, 6.07) is 10.1. The molecule has 2 rings (SSSR count). The number of carbonyl (C=O) groups excluding carboxylic acids is 1. The smallest absolute Gasteiger partial charge is 0.340 e. The molecule has 0 aliphatic heterocycles. The van der Waals surface area contributed by atoms with Gasteiger partial charge in [-0.1, -0.05) is 12.1 Å². The maximum atomic E-state index is 13.7. The highest BCUT2D eigenvalue weighted by atomic mass is 32.2. The number of halogens is 1. The van der Waals surface area contributed by atoms with E-state index in [1.807, 2.05) is 18.2 Å². The number of methoxy groups -OCH3 is 1. The van der Waals surface area contributed by atoms with Crippen LogP contribution in [0.3, 0.4) is 0 Å². The van der Waals surface area contributed by atoms with Crippen LogP contribution in [0.15, 0.2) is 47.6 Å². The molecule has 1 heterocycles. The third-order valence-electron chi connectivity index (χ3n) is 2.46. The molecule has 19 heavy (non-hydrogen) atoms. The van der Waals surface area contributed by atoms with Crippen LogP contribution in [0.5, 0.6) is 0 Å². The standard InChI is InChI=1S/C14H12FNO2S/c1-18-14(17)11-6-5-10(8-12(11)15)9-19-13-4-2-3-7-16-13/h2-8H,9H2,1H3. The zero-order valence-electron chi connectivity index (χ0n) is 10.3. The van der Waals surface area contributed by atoms with Gasteiger partial charge < -0.3 is 4.74 Å². The number of esters is 1. The molecule has 0 spiro atoms. The van der Waals surface area contributed by atoms with E-state index in [1.54, 1.807) is 12.3 Å². The van der Waals surface area contributed by atoms with Crippen molar-refractivity contribution in [1.29, 1.82) is 0 Å². The van der Waals surface area contributed by atoms with Crippen LogP contribution in [-0.2, 0) is 10.5 Å². The summed E-state index contributed by atoms with van der Waals surface area (Å²) in [7, 11) is 1.23. The summed E-state index contributed by atoms with van der Waals surface area (Å²) in [5, 5.41) is 0.875. The number of benzene rings is 1. The van der Waals surface area contributed by atoms with Gasteiger partial charge in [0.15, 0.2) is 0 Å². The van der Waals surface area contributed by atoms with E-state index in [9.17, 15) is 9.18 Å². The zero-order valence-corrected chi connectivity index (χ0v) is 11.1. The second-order valence-electron chi connectivity index (χ2n) is 3.76. The number of thioether (sulfide) groups is 1. The topological polar surface area (TPSA) is 39.2 Å².